The minimum absolute atomic E-state index is 0.0486. The van der Waals surface area contributed by atoms with Crippen LogP contribution in [0.1, 0.15) is 45.5 Å². The van der Waals surface area contributed by atoms with Gasteiger partial charge in [-0.05, 0) is 30.5 Å². The molecule has 27 heavy (non-hydrogen) atoms. The summed E-state index contributed by atoms with van der Waals surface area (Å²) in [5, 5.41) is 0. The van der Waals surface area contributed by atoms with Crippen LogP contribution in [0.2, 0.25) is 0 Å². The third-order valence-electron chi connectivity index (χ3n) is 4.43. The Balaban J connectivity index is 1.79. The first-order chi connectivity index (χ1) is 13.1. The maximum absolute atomic E-state index is 12.7. The molecule has 6 heteroatoms. The summed E-state index contributed by atoms with van der Waals surface area (Å²) in [5.41, 5.74) is 1.36. The van der Waals surface area contributed by atoms with E-state index in [9.17, 15) is 19.2 Å². The van der Waals surface area contributed by atoms with Crippen molar-refractivity contribution in [1.82, 2.24) is 4.90 Å². The fourth-order valence-corrected chi connectivity index (χ4v) is 3.06. The molecule has 0 aliphatic carbocycles. The van der Waals surface area contributed by atoms with Gasteiger partial charge in [-0.3, -0.25) is 14.5 Å². The van der Waals surface area contributed by atoms with Crippen LogP contribution in [0.5, 0.6) is 0 Å². The number of hydrogen-bond acceptors (Lipinski definition) is 5. The van der Waals surface area contributed by atoms with Gasteiger partial charge in [-0.25, -0.2) is 4.79 Å². The van der Waals surface area contributed by atoms with E-state index in [2.05, 4.69) is 0 Å². The summed E-state index contributed by atoms with van der Waals surface area (Å²) >= 11 is 0. The highest BCUT2D eigenvalue weighted by Gasteiger charge is 2.43. The van der Waals surface area contributed by atoms with Gasteiger partial charge in [0.1, 0.15) is 18.9 Å². The molecule has 1 atom stereocenters. The molecule has 1 heterocycles. The smallest absolute Gasteiger partial charge is 0.329 e. The molecule has 0 radical (unpaired) electrons. The normalized spacial score (nSPS) is 14.0. The molecule has 2 aromatic carbocycles. The summed E-state index contributed by atoms with van der Waals surface area (Å²) in [6.45, 7) is 0.0486. The summed E-state index contributed by atoms with van der Waals surface area (Å²) < 4.78 is 5.36. The first-order valence-electron chi connectivity index (χ1n) is 8.74. The molecule has 0 N–H and O–H groups in total. The van der Waals surface area contributed by atoms with Crippen LogP contribution in [0.15, 0.2) is 54.6 Å². The standard InChI is InChI=1S/C21H19NO5/c23-13-7-6-12-18(21(26)27-14-15-8-2-1-3-9-15)22-19(24)16-10-4-5-11-17(16)20(22)25/h1-5,8-11,13,18H,6-7,12,14H2. The second-order valence-corrected chi connectivity index (χ2v) is 6.23. The quantitative estimate of drug-likeness (QED) is 0.311. The molecule has 3 rings (SSSR count). The number of fused-ring (bicyclic) bond motifs is 1. The van der Waals surface area contributed by atoms with Crippen LogP contribution in [0, 0.1) is 0 Å². The Morgan fingerprint density at radius 3 is 2.15 bits per heavy atom. The van der Waals surface area contributed by atoms with Crippen molar-refractivity contribution in [2.24, 2.45) is 0 Å². The van der Waals surface area contributed by atoms with Crippen LogP contribution in [-0.4, -0.2) is 35.0 Å². The van der Waals surface area contributed by atoms with Crippen LogP contribution < -0.4 is 0 Å². The highest BCUT2D eigenvalue weighted by atomic mass is 16.5. The van der Waals surface area contributed by atoms with E-state index in [0.29, 0.717) is 6.42 Å². The van der Waals surface area contributed by atoms with Gasteiger partial charge >= 0.3 is 5.97 Å². The average Bonchev–Trinajstić information content (AvgIpc) is 2.95. The van der Waals surface area contributed by atoms with Gasteiger partial charge in [0.2, 0.25) is 0 Å². The van der Waals surface area contributed by atoms with Crippen molar-refractivity contribution < 1.29 is 23.9 Å². The molecule has 138 valence electrons. The summed E-state index contributed by atoms with van der Waals surface area (Å²) in [6.07, 6.45) is 1.54. The topological polar surface area (TPSA) is 80.8 Å². The van der Waals surface area contributed by atoms with Crippen LogP contribution in [-0.2, 0) is 20.9 Å². The second kappa shape index (κ2) is 8.40. The van der Waals surface area contributed by atoms with E-state index < -0.39 is 23.8 Å². The predicted molar refractivity (Wildman–Crippen MR) is 96.9 cm³/mol. The molecule has 1 aliphatic heterocycles. The molecule has 0 saturated carbocycles. The van der Waals surface area contributed by atoms with Gasteiger partial charge in [0, 0.05) is 6.42 Å². The van der Waals surface area contributed by atoms with Gasteiger partial charge < -0.3 is 9.53 Å². The number of benzene rings is 2. The minimum Gasteiger partial charge on any atom is -0.459 e. The van der Waals surface area contributed by atoms with Gasteiger partial charge in [0.05, 0.1) is 11.1 Å². The van der Waals surface area contributed by atoms with Crippen LogP contribution in [0.3, 0.4) is 0 Å². The lowest BCUT2D eigenvalue weighted by molar-refractivity contribution is -0.150. The minimum atomic E-state index is -1.05. The summed E-state index contributed by atoms with van der Waals surface area (Å²) in [6, 6.07) is 14.6. The van der Waals surface area contributed by atoms with Crippen LogP contribution >= 0.6 is 0 Å². The first kappa shape index (κ1) is 18.5. The van der Waals surface area contributed by atoms with Gasteiger partial charge in [0.15, 0.2) is 0 Å². The molecule has 6 nitrogen and oxygen atoms in total. The number of esters is 1. The van der Waals surface area contributed by atoms with Gasteiger partial charge in [-0.1, -0.05) is 42.5 Å². The van der Waals surface area contributed by atoms with E-state index in [1.165, 1.54) is 0 Å². The average molecular weight is 365 g/mol. The molecule has 0 bridgehead atoms. The van der Waals surface area contributed by atoms with Crippen molar-refractivity contribution >= 4 is 24.1 Å². The highest BCUT2D eigenvalue weighted by molar-refractivity contribution is 6.22. The monoisotopic (exact) mass is 365 g/mol. The molecule has 0 saturated heterocycles. The van der Waals surface area contributed by atoms with Crippen molar-refractivity contribution in [2.45, 2.75) is 31.9 Å². The number of nitrogens with zero attached hydrogens (tertiary/aromatic N) is 1. The zero-order chi connectivity index (χ0) is 19.2. The molecule has 2 amide bonds. The van der Waals surface area contributed by atoms with E-state index in [0.717, 1.165) is 16.7 Å². The van der Waals surface area contributed by atoms with Crippen molar-refractivity contribution in [3.8, 4) is 0 Å². The lowest BCUT2D eigenvalue weighted by Crippen LogP contribution is -2.45. The lowest BCUT2D eigenvalue weighted by atomic mass is 10.1. The first-order valence-corrected chi connectivity index (χ1v) is 8.74. The number of carbonyl (C=O) groups excluding carboxylic acids is 4. The van der Waals surface area contributed by atoms with Gasteiger partial charge in [0.25, 0.3) is 11.8 Å². The number of hydrogen-bond donors (Lipinski definition) is 0. The Morgan fingerprint density at radius 2 is 1.56 bits per heavy atom. The van der Waals surface area contributed by atoms with E-state index in [1.807, 2.05) is 30.3 Å². The fraction of sp³-hybridized carbons (Fsp3) is 0.238. The second-order valence-electron chi connectivity index (χ2n) is 6.23. The van der Waals surface area contributed by atoms with Gasteiger partial charge in [-0.15, -0.1) is 0 Å². The highest BCUT2D eigenvalue weighted by Crippen LogP contribution is 2.27. The maximum Gasteiger partial charge on any atom is 0.329 e. The summed E-state index contributed by atoms with van der Waals surface area (Å²) in [7, 11) is 0. The lowest BCUT2D eigenvalue weighted by Gasteiger charge is -2.24. The molecule has 0 fully saturated rings. The van der Waals surface area contributed by atoms with Crippen molar-refractivity contribution in [2.75, 3.05) is 0 Å². The number of ether oxygens (including phenoxy) is 1. The Bertz CT molecular complexity index is 827. The Labute approximate surface area is 156 Å². The van der Waals surface area contributed by atoms with Gasteiger partial charge in [-0.2, -0.15) is 0 Å². The zero-order valence-electron chi connectivity index (χ0n) is 14.7. The van der Waals surface area contributed by atoms with E-state index in [1.54, 1.807) is 24.3 Å². The Morgan fingerprint density at radius 1 is 0.963 bits per heavy atom. The Kier molecular flexibility index (Phi) is 5.76. The number of rotatable bonds is 8. The van der Waals surface area contributed by atoms with Crippen LogP contribution in [0.4, 0.5) is 0 Å². The third-order valence-corrected chi connectivity index (χ3v) is 4.43. The van der Waals surface area contributed by atoms with E-state index in [-0.39, 0.29) is 30.6 Å². The number of carbonyl (C=O) groups is 4. The van der Waals surface area contributed by atoms with Crippen molar-refractivity contribution in [3.63, 3.8) is 0 Å². The molecule has 1 aliphatic rings. The van der Waals surface area contributed by atoms with Crippen molar-refractivity contribution in [3.05, 3.63) is 71.3 Å². The molecule has 2 aromatic rings. The number of amides is 2. The van der Waals surface area contributed by atoms with E-state index in [4.69, 9.17) is 4.74 Å². The maximum atomic E-state index is 12.7. The molecular weight excluding hydrogens is 346 g/mol. The van der Waals surface area contributed by atoms with Crippen LogP contribution in [0.25, 0.3) is 0 Å². The van der Waals surface area contributed by atoms with E-state index >= 15 is 0 Å². The largest absolute Gasteiger partial charge is 0.459 e. The number of aldehydes is 1. The molecular formula is C21H19NO5. The SMILES string of the molecule is O=CCCCC(C(=O)OCc1ccccc1)N1C(=O)c2ccccc2C1=O. The molecule has 0 spiro atoms. The Hall–Kier alpha value is -3.28. The summed E-state index contributed by atoms with van der Waals surface area (Å²) in [4.78, 5) is 49.7. The zero-order valence-corrected chi connectivity index (χ0v) is 14.7. The number of unbranched alkanes of at least 4 members (excludes halogenated alkanes) is 1. The fourth-order valence-electron chi connectivity index (χ4n) is 3.06. The van der Waals surface area contributed by atoms with Crippen molar-refractivity contribution in [1.29, 1.82) is 0 Å². The number of imide groups is 1. The predicted octanol–water partition coefficient (Wildman–Crippen LogP) is 2.76. The summed E-state index contributed by atoms with van der Waals surface area (Å²) in [5.74, 6) is -1.68. The molecule has 1 unspecified atom stereocenters. The third kappa shape index (κ3) is 3.95. The molecule has 0 aromatic heterocycles.